The van der Waals surface area contributed by atoms with Gasteiger partial charge in [-0.25, -0.2) is 8.42 Å². The third-order valence-electron chi connectivity index (χ3n) is 5.31. The molecule has 0 radical (unpaired) electrons. The van der Waals surface area contributed by atoms with Gasteiger partial charge < -0.3 is 4.90 Å². The molecule has 1 unspecified atom stereocenters. The fourth-order valence-electron chi connectivity index (χ4n) is 3.81. The number of hydrogen-bond acceptors (Lipinski definition) is 3. The summed E-state index contributed by atoms with van der Waals surface area (Å²) in [4.78, 5) is 14.7. The van der Waals surface area contributed by atoms with Gasteiger partial charge in [-0.05, 0) is 49.8 Å². The third-order valence-corrected chi connectivity index (χ3v) is 7.69. The largest absolute Gasteiger partial charge is 0.338 e. The van der Waals surface area contributed by atoms with E-state index < -0.39 is 10.0 Å². The lowest BCUT2D eigenvalue weighted by molar-refractivity contribution is 0.0683. The first-order valence-electron chi connectivity index (χ1n) is 9.48. The standard InChI is InChI=1S/C19H27ClN2O3S/c1-15-7-6-10-21(14-15)19(23)16-8-9-17(20)18(13-16)26(24,25)22-11-4-2-3-5-12-22/h8-9,13,15H,2-7,10-12,14H2,1H3. The van der Waals surface area contributed by atoms with Gasteiger partial charge in [0.25, 0.3) is 5.91 Å². The van der Waals surface area contributed by atoms with Crippen molar-refractivity contribution in [2.24, 2.45) is 5.92 Å². The Balaban J connectivity index is 1.88. The van der Waals surface area contributed by atoms with Gasteiger partial charge in [-0.15, -0.1) is 0 Å². The normalized spacial score (nSPS) is 22.8. The summed E-state index contributed by atoms with van der Waals surface area (Å²) in [6, 6.07) is 4.63. The molecule has 0 bridgehead atoms. The summed E-state index contributed by atoms with van der Waals surface area (Å²) < 4.78 is 27.7. The molecule has 7 heteroatoms. The summed E-state index contributed by atoms with van der Waals surface area (Å²) in [7, 11) is -3.68. The summed E-state index contributed by atoms with van der Waals surface area (Å²) in [5.74, 6) is 0.362. The summed E-state index contributed by atoms with van der Waals surface area (Å²) >= 11 is 6.22. The first kappa shape index (κ1) is 19.6. The molecule has 1 aromatic rings. The Morgan fingerprint density at radius 3 is 2.42 bits per heavy atom. The highest BCUT2D eigenvalue weighted by molar-refractivity contribution is 7.89. The summed E-state index contributed by atoms with van der Waals surface area (Å²) in [6.45, 7) is 4.60. The third kappa shape index (κ3) is 4.24. The topological polar surface area (TPSA) is 57.7 Å². The highest BCUT2D eigenvalue weighted by atomic mass is 35.5. The Bertz CT molecular complexity index is 758. The lowest BCUT2D eigenvalue weighted by Gasteiger charge is -2.31. The first-order valence-corrected chi connectivity index (χ1v) is 11.3. The van der Waals surface area contributed by atoms with Crippen molar-refractivity contribution in [3.8, 4) is 0 Å². The summed E-state index contributed by atoms with van der Waals surface area (Å²) in [6.07, 6.45) is 5.93. The van der Waals surface area contributed by atoms with Crippen molar-refractivity contribution in [1.29, 1.82) is 0 Å². The predicted octanol–water partition coefficient (Wildman–Crippen LogP) is 3.78. The number of piperidine rings is 1. The first-order chi connectivity index (χ1) is 12.4. The average molecular weight is 399 g/mol. The van der Waals surface area contributed by atoms with Crippen LogP contribution in [0.3, 0.4) is 0 Å². The molecule has 144 valence electrons. The summed E-state index contributed by atoms with van der Waals surface area (Å²) in [5.41, 5.74) is 0.400. The van der Waals surface area contributed by atoms with E-state index in [0.29, 0.717) is 24.6 Å². The smallest absolute Gasteiger partial charge is 0.253 e. The van der Waals surface area contributed by atoms with Crippen molar-refractivity contribution >= 4 is 27.5 Å². The molecule has 1 aromatic carbocycles. The van der Waals surface area contributed by atoms with Crippen LogP contribution in [-0.2, 0) is 10.0 Å². The van der Waals surface area contributed by atoms with E-state index in [1.807, 2.05) is 4.90 Å². The monoisotopic (exact) mass is 398 g/mol. The van der Waals surface area contributed by atoms with Crippen molar-refractivity contribution in [2.75, 3.05) is 26.2 Å². The molecule has 0 N–H and O–H groups in total. The summed E-state index contributed by atoms with van der Waals surface area (Å²) in [5, 5.41) is 0.179. The van der Waals surface area contributed by atoms with Crippen molar-refractivity contribution < 1.29 is 13.2 Å². The molecule has 1 atom stereocenters. The van der Waals surface area contributed by atoms with Crippen molar-refractivity contribution in [3.05, 3.63) is 28.8 Å². The lowest BCUT2D eigenvalue weighted by Crippen LogP contribution is -2.39. The van der Waals surface area contributed by atoms with Gasteiger partial charge >= 0.3 is 0 Å². The van der Waals surface area contributed by atoms with Gasteiger partial charge in [0.1, 0.15) is 4.90 Å². The van der Waals surface area contributed by atoms with Crippen LogP contribution in [0.1, 0.15) is 55.8 Å². The number of benzene rings is 1. The minimum Gasteiger partial charge on any atom is -0.338 e. The van der Waals surface area contributed by atoms with Crippen LogP contribution < -0.4 is 0 Å². The Morgan fingerprint density at radius 2 is 1.77 bits per heavy atom. The van der Waals surface area contributed by atoms with Gasteiger partial charge in [-0.1, -0.05) is 31.4 Å². The molecule has 3 rings (SSSR count). The van der Waals surface area contributed by atoms with E-state index in [1.54, 1.807) is 6.07 Å². The number of amides is 1. The van der Waals surface area contributed by atoms with E-state index in [9.17, 15) is 13.2 Å². The highest BCUT2D eigenvalue weighted by Crippen LogP contribution is 2.28. The molecule has 1 amide bonds. The van der Waals surface area contributed by atoms with E-state index in [1.165, 1.54) is 16.4 Å². The molecule has 0 spiro atoms. The minimum absolute atomic E-state index is 0.0528. The van der Waals surface area contributed by atoms with Gasteiger partial charge in [-0.2, -0.15) is 4.31 Å². The number of halogens is 1. The van der Waals surface area contributed by atoms with Crippen LogP contribution in [0.25, 0.3) is 0 Å². The molecule has 5 nitrogen and oxygen atoms in total. The predicted molar refractivity (Wildman–Crippen MR) is 103 cm³/mol. The van der Waals surface area contributed by atoms with Crippen LogP contribution in [0, 0.1) is 5.92 Å². The van der Waals surface area contributed by atoms with E-state index in [2.05, 4.69) is 6.92 Å². The van der Waals surface area contributed by atoms with Crippen LogP contribution in [-0.4, -0.2) is 49.7 Å². The van der Waals surface area contributed by atoms with Gasteiger partial charge in [0.2, 0.25) is 10.0 Å². The molecule has 0 saturated carbocycles. The molecule has 2 aliphatic rings. The van der Waals surface area contributed by atoms with Gasteiger partial charge in [0.05, 0.1) is 5.02 Å². The highest BCUT2D eigenvalue weighted by Gasteiger charge is 2.29. The zero-order valence-corrected chi connectivity index (χ0v) is 16.9. The molecule has 2 fully saturated rings. The van der Waals surface area contributed by atoms with Crippen LogP contribution in [0.5, 0.6) is 0 Å². The number of hydrogen-bond donors (Lipinski definition) is 0. The maximum absolute atomic E-state index is 13.1. The molecule has 26 heavy (non-hydrogen) atoms. The van der Waals surface area contributed by atoms with Crippen LogP contribution >= 0.6 is 11.6 Å². The molecule has 0 aromatic heterocycles. The zero-order valence-electron chi connectivity index (χ0n) is 15.3. The van der Waals surface area contributed by atoms with E-state index in [-0.39, 0.29) is 15.8 Å². The second-order valence-electron chi connectivity index (χ2n) is 7.46. The minimum atomic E-state index is -3.68. The number of likely N-dealkylation sites (tertiary alicyclic amines) is 1. The Hall–Kier alpha value is -1.11. The van der Waals surface area contributed by atoms with E-state index >= 15 is 0 Å². The molecular formula is C19H27ClN2O3S. The fourth-order valence-corrected chi connectivity index (χ4v) is 5.83. The Kier molecular flexibility index (Phi) is 6.25. The quantitative estimate of drug-likeness (QED) is 0.778. The average Bonchev–Trinajstić information content (AvgIpc) is 2.91. The second kappa shape index (κ2) is 8.28. The van der Waals surface area contributed by atoms with E-state index in [4.69, 9.17) is 11.6 Å². The second-order valence-corrected chi connectivity index (χ2v) is 9.78. The number of carbonyl (C=O) groups is 1. The van der Waals surface area contributed by atoms with Crippen molar-refractivity contribution in [3.63, 3.8) is 0 Å². The number of sulfonamides is 1. The maximum Gasteiger partial charge on any atom is 0.253 e. The molecule has 2 heterocycles. The van der Waals surface area contributed by atoms with E-state index in [0.717, 1.165) is 51.6 Å². The number of rotatable bonds is 3. The Morgan fingerprint density at radius 1 is 1.08 bits per heavy atom. The van der Waals surface area contributed by atoms with Crippen molar-refractivity contribution in [1.82, 2.24) is 9.21 Å². The van der Waals surface area contributed by atoms with Gasteiger partial charge in [0, 0.05) is 31.7 Å². The Labute approximate surface area is 161 Å². The van der Waals surface area contributed by atoms with Gasteiger partial charge in [0.15, 0.2) is 0 Å². The molecule has 2 saturated heterocycles. The SMILES string of the molecule is CC1CCCN(C(=O)c2ccc(Cl)c(S(=O)(=O)N3CCCCCC3)c2)C1. The zero-order chi connectivity index (χ0) is 18.7. The number of nitrogens with zero attached hydrogens (tertiary/aromatic N) is 2. The maximum atomic E-state index is 13.1. The number of carbonyl (C=O) groups excluding carboxylic acids is 1. The lowest BCUT2D eigenvalue weighted by atomic mass is 9.99. The fraction of sp³-hybridized carbons (Fsp3) is 0.632. The van der Waals surface area contributed by atoms with Crippen LogP contribution in [0.15, 0.2) is 23.1 Å². The van der Waals surface area contributed by atoms with Crippen molar-refractivity contribution in [2.45, 2.75) is 50.3 Å². The van der Waals surface area contributed by atoms with Crippen LogP contribution in [0.4, 0.5) is 0 Å². The van der Waals surface area contributed by atoms with Gasteiger partial charge in [-0.3, -0.25) is 4.79 Å². The molecule has 0 aliphatic carbocycles. The molecular weight excluding hydrogens is 372 g/mol. The van der Waals surface area contributed by atoms with Crippen LogP contribution in [0.2, 0.25) is 5.02 Å². The molecule has 2 aliphatic heterocycles.